The Morgan fingerprint density at radius 3 is 2.76 bits per heavy atom. The molecule has 3 heterocycles. The Kier molecular flexibility index (Phi) is 3.00. The van der Waals surface area contributed by atoms with Crippen molar-refractivity contribution in [2.75, 3.05) is 5.73 Å². The number of amides is 1. The number of aromatic nitrogens is 3. The fourth-order valence-electron chi connectivity index (χ4n) is 3.77. The van der Waals surface area contributed by atoms with Crippen molar-refractivity contribution in [1.82, 2.24) is 20.1 Å². The number of rotatable bonds is 2. The average Bonchev–Trinajstić information content (AvgIpc) is 2.91. The molecule has 2 aromatic heterocycles. The van der Waals surface area contributed by atoms with Crippen molar-refractivity contribution in [3.63, 3.8) is 0 Å². The molecule has 1 amide bonds. The Hall–Kier alpha value is -3.02. The molecule has 124 valence electrons. The molecule has 1 fully saturated rings. The highest BCUT2D eigenvalue weighted by atomic mass is 16.2. The molecule has 2 N–H and O–H groups in total. The van der Waals surface area contributed by atoms with Gasteiger partial charge in [-0.05, 0) is 25.3 Å². The van der Waals surface area contributed by atoms with Gasteiger partial charge in [-0.1, -0.05) is 18.2 Å². The number of nitrogens with zero attached hydrogens (tertiary/aromatic N) is 4. The van der Waals surface area contributed by atoms with Crippen molar-refractivity contribution >= 4 is 22.5 Å². The van der Waals surface area contributed by atoms with E-state index in [-0.39, 0.29) is 5.91 Å². The standard InChI is InChI=1S/C19H17N5O/c20-17-14-6-2-5-13(11-7-8-21-22-9-11)18(14)23-15-10-24(12-3-1-4-12)19(25)16(15)17/h2,5-9,12H,1,3-4,10H2,(H2,20,23). The molecule has 0 radical (unpaired) electrons. The number of carbonyl (C=O) groups is 1. The number of anilines is 1. The molecule has 1 aliphatic carbocycles. The number of nitrogen functional groups attached to an aromatic ring is 1. The number of benzene rings is 1. The average molecular weight is 331 g/mol. The summed E-state index contributed by atoms with van der Waals surface area (Å²) in [6.45, 7) is 0.557. The number of hydrogen-bond acceptors (Lipinski definition) is 5. The molecule has 2 aliphatic rings. The number of para-hydroxylation sites is 1. The van der Waals surface area contributed by atoms with Gasteiger partial charge in [0.25, 0.3) is 5.91 Å². The van der Waals surface area contributed by atoms with Gasteiger partial charge in [0.1, 0.15) is 0 Å². The van der Waals surface area contributed by atoms with E-state index >= 15 is 0 Å². The van der Waals surface area contributed by atoms with Crippen molar-refractivity contribution in [1.29, 1.82) is 0 Å². The van der Waals surface area contributed by atoms with Crippen molar-refractivity contribution < 1.29 is 4.79 Å². The molecular weight excluding hydrogens is 314 g/mol. The van der Waals surface area contributed by atoms with Gasteiger partial charge >= 0.3 is 0 Å². The molecule has 0 saturated heterocycles. The molecule has 1 aliphatic heterocycles. The lowest BCUT2D eigenvalue weighted by atomic mass is 9.92. The molecule has 0 atom stereocenters. The SMILES string of the molecule is Nc1c2c(nc3c(-c4ccnnc4)cccc13)CN(C1CCC1)C2=O. The fourth-order valence-corrected chi connectivity index (χ4v) is 3.77. The van der Waals surface area contributed by atoms with E-state index in [1.165, 1.54) is 6.42 Å². The normalized spacial score (nSPS) is 17.0. The topological polar surface area (TPSA) is 85.0 Å². The molecule has 5 rings (SSSR count). The lowest BCUT2D eigenvalue weighted by molar-refractivity contribution is 0.0606. The third kappa shape index (κ3) is 2.03. The van der Waals surface area contributed by atoms with Crippen LogP contribution < -0.4 is 5.73 Å². The van der Waals surface area contributed by atoms with Crippen molar-refractivity contribution in [3.05, 3.63) is 47.9 Å². The highest BCUT2D eigenvalue weighted by Gasteiger charge is 2.38. The van der Waals surface area contributed by atoms with Gasteiger partial charge in [-0.15, -0.1) is 0 Å². The van der Waals surface area contributed by atoms with Crippen LogP contribution in [0.2, 0.25) is 0 Å². The zero-order valence-corrected chi connectivity index (χ0v) is 13.6. The van der Waals surface area contributed by atoms with Crippen LogP contribution in [0.1, 0.15) is 35.3 Å². The second kappa shape index (κ2) is 5.24. The number of fused-ring (bicyclic) bond motifs is 2. The van der Waals surface area contributed by atoms with E-state index < -0.39 is 0 Å². The van der Waals surface area contributed by atoms with Gasteiger partial charge in [-0.25, -0.2) is 4.98 Å². The van der Waals surface area contributed by atoms with Crippen LogP contribution >= 0.6 is 0 Å². The van der Waals surface area contributed by atoms with Gasteiger partial charge in [0.05, 0.1) is 41.4 Å². The Labute approximate surface area is 144 Å². The van der Waals surface area contributed by atoms with Gasteiger partial charge < -0.3 is 10.6 Å². The summed E-state index contributed by atoms with van der Waals surface area (Å²) >= 11 is 0. The van der Waals surface area contributed by atoms with Gasteiger partial charge in [-0.2, -0.15) is 10.2 Å². The summed E-state index contributed by atoms with van der Waals surface area (Å²) in [6.07, 6.45) is 6.72. The summed E-state index contributed by atoms with van der Waals surface area (Å²) in [5.74, 6) is 0.0302. The molecule has 6 heteroatoms. The lowest BCUT2D eigenvalue weighted by Gasteiger charge is -2.34. The summed E-state index contributed by atoms with van der Waals surface area (Å²) in [7, 11) is 0. The molecule has 0 bridgehead atoms. The molecule has 0 unspecified atom stereocenters. The van der Waals surface area contributed by atoms with Crippen LogP contribution in [0.3, 0.4) is 0 Å². The van der Waals surface area contributed by atoms with E-state index in [1.54, 1.807) is 12.4 Å². The number of carbonyl (C=O) groups excluding carboxylic acids is 1. The first-order chi connectivity index (χ1) is 12.2. The van der Waals surface area contributed by atoms with Crippen LogP contribution in [-0.2, 0) is 6.54 Å². The Bertz CT molecular complexity index is 998. The molecule has 25 heavy (non-hydrogen) atoms. The molecule has 0 spiro atoms. The minimum absolute atomic E-state index is 0.0302. The Morgan fingerprint density at radius 2 is 2.04 bits per heavy atom. The zero-order valence-electron chi connectivity index (χ0n) is 13.6. The molecule has 1 saturated carbocycles. The van der Waals surface area contributed by atoms with Gasteiger partial charge in [0, 0.05) is 22.6 Å². The zero-order chi connectivity index (χ0) is 17.0. The summed E-state index contributed by atoms with van der Waals surface area (Å²) < 4.78 is 0. The summed E-state index contributed by atoms with van der Waals surface area (Å²) in [4.78, 5) is 19.6. The van der Waals surface area contributed by atoms with E-state index in [0.29, 0.717) is 23.8 Å². The van der Waals surface area contributed by atoms with Crippen LogP contribution in [0.15, 0.2) is 36.7 Å². The van der Waals surface area contributed by atoms with E-state index in [2.05, 4.69) is 10.2 Å². The lowest BCUT2D eigenvalue weighted by Crippen LogP contribution is -2.40. The van der Waals surface area contributed by atoms with E-state index in [0.717, 1.165) is 40.6 Å². The second-order valence-corrected chi connectivity index (χ2v) is 6.70. The van der Waals surface area contributed by atoms with Gasteiger partial charge in [0.2, 0.25) is 0 Å². The molecule has 6 nitrogen and oxygen atoms in total. The largest absolute Gasteiger partial charge is 0.397 e. The minimum Gasteiger partial charge on any atom is -0.397 e. The van der Waals surface area contributed by atoms with E-state index in [4.69, 9.17) is 10.7 Å². The highest BCUT2D eigenvalue weighted by Crippen LogP contribution is 2.39. The maximum atomic E-state index is 12.8. The van der Waals surface area contributed by atoms with Gasteiger partial charge in [-0.3, -0.25) is 4.79 Å². The predicted octanol–water partition coefficient (Wildman–Crippen LogP) is 2.78. The van der Waals surface area contributed by atoms with Crippen molar-refractivity contribution in [2.24, 2.45) is 0 Å². The van der Waals surface area contributed by atoms with Crippen LogP contribution in [-0.4, -0.2) is 32.0 Å². The van der Waals surface area contributed by atoms with Crippen LogP contribution in [0, 0.1) is 0 Å². The minimum atomic E-state index is 0.0302. The summed E-state index contributed by atoms with van der Waals surface area (Å²) in [6, 6.07) is 8.10. The van der Waals surface area contributed by atoms with Crippen LogP contribution in [0.5, 0.6) is 0 Å². The Balaban J connectivity index is 1.71. The second-order valence-electron chi connectivity index (χ2n) is 6.70. The fraction of sp³-hybridized carbons (Fsp3) is 0.263. The smallest absolute Gasteiger partial charge is 0.258 e. The third-order valence-electron chi connectivity index (χ3n) is 5.34. The third-order valence-corrected chi connectivity index (χ3v) is 5.34. The van der Waals surface area contributed by atoms with E-state index in [1.807, 2.05) is 29.2 Å². The summed E-state index contributed by atoms with van der Waals surface area (Å²) in [5.41, 5.74) is 11.0. The van der Waals surface area contributed by atoms with Crippen molar-refractivity contribution in [3.8, 4) is 11.1 Å². The predicted molar refractivity (Wildman–Crippen MR) is 94.7 cm³/mol. The molecule has 1 aromatic carbocycles. The van der Waals surface area contributed by atoms with Crippen molar-refractivity contribution in [2.45, 2.75) is 31.8 Å². The summed E-state index contributed by atoms with van der Waals surface area (Å²) in [5, 5.41) is 8.61. The maximum absolute atomic E-state index is 12.8. The van der Waals surface area contributed by atoms with Crippen LogP contribution in [0.4, 0.5) is 5.69 Å². The number of hydrogen-bond donors (Lipinski definition) is 1. The maximum Gasteiger partial charge on any atom is 0.258 e. The monoisotopic (exact) mass is 331 g/mol. The molecular formula is C19H17N5O. The Morgan fingerprint density at radius 1 is 1.16 bits per heavy atom. The number of pyridine rings is 1. The first-order valence-electron chi connectivity index (χ1n) is 8.53. The van der Waals surface area contributed by atoms with E-state index in [9.17, 15) is 4.79 Å². The van der Waals surface area contributed by atoms with Gasteiger partial charge in [0.15, 0.2) is 0 Å². The highest BCUT2D eigenvalue weighted by molar-refractivity contribution is 6.11. The first kappa shape index (κ1) is 14.3. The number of nitrogens with two attached hydrogens (primary N) is 1. The molecule has 3 aromatic rings. The quantitative estimate of drug-likeness (QED) is 0.780. The van der Waals surface area contributed by atoms with Crippen LogP contribution in [0.25, 0.3) is 22.0 Å². The first-order valence-corrected chi connectivity index (χ1v) is 8.53.